The third-order valence-corrected chi connectivity index (χ3v) is 8.85. The summed E-state index contributed by atoms with van der Waals surface area (Å²) in [6, 6.07) is 11.1. The number of hydrogen-bond acceptors (Lipinski definition) is 4. The van der Waals surface area contributed by atoms with Crippen LogP contribution in [-0.2, 0) is 0 Å². The van der Waals surface area contributed by atoms with Crippen molar-refractivity contribution >= 4 is 11.4 Å². The Bertz CT molecular complexity index is 1200. The summed E-state index contributed by atoms with van der Waals surface area (Å²) in [4.78, 5) is 22.5. The Balaban J connectivity index is 1.25. The molecule has 0 aromatic carbocycles. The number of rotatable bonds is 4. The van der Waals surface area contributed by atoms with Gasteiger partial charge in [0.05, 0.1) is 11.2 Å². The summed E-state index contributed by atoms with van der Waals surface area (Å²) < 4.78 is 1.81. The van der Waals surface area contributed by atoms with Crippen LogP contribution in [0.15, 0.2) is 48.8 Å². The number of pyridine rings is 2. The number of nitrogens with one attached hydrogen (secondary N) is 1. The molecule has 158 valence electrons. The van der Waals surface area contributed by atoms with Crippen LogP contribution in [0.5, 0.6) is 0 Å². The highest BCUT2D eigenvalue weighted by atomic mass is 16.3. The first-order valence-corrected chi connectivity index (χ1v) is 11.5. The molecular weight excluding hydrogens is 388 g/mol. The molecule has 3 heterocycles. The Morgan fingerprint density at radius 1 is 1.13 bits per heavy atom. The standard InChI is InChI=1S/C25H26N4O2/c30-21(18-5-1-3-7-26-18)22-27-20(19-6-2-4-8-29(19)22)23(31)28-24-11-15-9-16-10-17(13-24)25(16,12-15)14-24/h1-8,15-17,21,30H,9-14H2,(H,28,31). The van der Waals surface area contributed by atoms with Crippen molar-refractivity contribution in [3.63, 3.8) is 0 Å². The highest BCUT2D eigenvalue weighted by molar-refractivity contribution is 5.99. The fourth-order valence-electron chi connectivity index (χ4n) is 7.90. The number of amides is 1. The smallest absolute Gasteiger partial charge is 0.272 e. The van der Waals surface area contributed by atoms with Crippen LogP contribution in [0, 0.1) is 23.2 Å². The number of imidazole rings is 1. The van der Waals surface area contributed by atoms with Gasteiger partial charge < -0.3 is 14.8 Å². The second kappa shape index (κ2) is 5.94. The molecule has 1 spiro atoms. The highest BCUT2D eigenvalue weighted by Gasteiger charge is 2.71. The number of aliphatic hydroxyl groups is 1. The second-order valence-electron chi connectivity index (χ2n) is 10.4. The molecule has 4 saturated carbocycles. The van der Waals surface area contributed by atoms with Gasteiger partial charge in [0.25, 0.3) is 5.91 Å². The van der Waals surface area contributed by atoms with Gasteiger partial charge in [-0.15, -0.1) is 0 Å². The molecule has 4 fully saturated rings. The minimum Gasteiger partial charge on any atom is -0.379 e. The van der Waals surface area contributed by atoms with Crippen molar-refractivity contribution in [2.45, 2.75) is 50.2 Å². The fourth-order valence-corrected chi connectivity index (χ4v) is 7.90. The van der Waals surface area contributed by atoms with E-state index in [9.17, 15) is 9.90 Å². The van der Waals surface area contributed by atoms with Crippen LogP contribution in [-0.4, -0.2) is 30.9 Å². The summed E-state index contributed by atoms with van der Waals surface area (Å²) in [6.45, 7) is 0. The summed E-state index contributed by atoms with van der Waals surface area (Å²) in [5.41, 5.74) is 2.08. The van der Waals surface area contributed by atoms with E-state index in [1.165, 1.54) is 19.3 Å². The molecule has 0 saturated heterocycles. The monoisotopic (exact) mass is 414 g/mol. The van der Waals surface area contributed by atoms with E-state index in [-0.39, 0.29) is 11.4 Å². The Hall–Kier alpha value is -2.73. The molecule has 6 nitrogen and oxygen atoms in total. The number of nitrogens with zero attached hydrogens (tertiary/aromatic N) is 3. The maximum Gasteiger partial charge on any atom is 0.272 e. The quantitative estimate of drug-likeness (QED) is 0.685. The van der Waals surface area contributed by atoms with Gasteiger partial charge in [-0.25, -0.2) is 4.98 Å². The van der Waals surface area contributed by atoms with Gasteiger partial charge in [-0.05, 0) is 86.0 Å². The lowest BCUT2D eigenvalue weighted by Crippen LogP contribution is -2.50. The Morgan fingerprint density at radius 2 is 2.03 bits per heavy atom. The Labute approximate surface area is 180 Å². The number of fused-ring (bicyclic) bond motifs is 3. The molecule has 2 N–H and O–H groups in total. The van der Waals surface area contributed by atoms with Gasteiger partial charge in [0.2, 0.25) is 0 Å². The molecule has 0 radical (unpaired) electrons. The maximum atomic E-state index is 13.5. The van der Waals surface area contributed by atoms with Gasteiger partial charge in [0.1, 0.15) is 5.82 Å². The van der Waals surface area contributed by atoms with Crippen LogP contribution in [0.2, 0.25) is 0 Å². The lowest BCUT2D eigenvalue weighted by Gasteiger charge is -2.49. The molecule has 4 aliphatic rings. The van der Waals surface area contributed by atoms with E-state index in [4.69, 9.17) is 0 Å². The summed E-state index contributed by atoms with van der Waals surface area (Å²) in [5, 5.41) is 14.4. The predicted octanol–water partition coefficient (Wildman–Crippen LogP) is 3.51. The first-order chi connectivity index (χ1) is 15.1. The maximum absolute atomic E-state index is 13.5. The van der Waals surface area contributed by atoms with E-state index in [2.05, 4.69) is 15.3 Å². The lowest BCUT2D eigenvalue weighted by molar-refractivity contribution is -0.000693. The van der Waals surface area contributed by atoms with Gasteiger partial charge in [0, 0.05) is 17.9 Å². The molecule has 1 amide bonds. The van der Waals surface area contributed by atoms with Gasteiger partial charge in [0.15, 0.2) is 11.8 Å². The zero-order chi connectivity index (χ0) is 20.8. The molecule has 6 atom stereocenters. The van der Waals surface area contributed by atoms with Crippen molar-refractivity contribution in [2.75, 3.05) is 0 Å². The van der Waals surface area contributed by atoms with Gasteiger partial charge >= 0.3 is 0 Å². The Morgan fingerprint density at radius 3 is 2.90 bits per heavy atom. The molecule has 3 aromatic rings. The van der Waals surface area contributed by atoms with E-state index >= 15 is 0 Å². The molecule has 3 aromatic heterocycles. The summed E-state index contributed by atoms with van der Waals surface area (Å²) in [7, 11) is 0. The number of carbonyl (C=O) groups is 1. The zero-order valence-electron chi connectivity index (χ0n) is 17.4. The van der Waals surface area contributed by atoms with E-state index in [0.717, 1.165) is 42.5 Å². The lowest BCUT2D eigenvalue weighted by atomic mass is 9.56. The molecule has 0 aliphatic heterocycles. The van der Waals surface area contributed by atoms with Crippen LogP contribution in [0.1, 0.15) is 66.6 Å². The van der Waals surface area contributed by atoms with Crippen molar-refractivity contribution in [1.82, 2.24) is 19.7 Å². The SMILES string of the molecule is O=C(NC12CC3CC4CC(C1)C4(C3)C2)c1nc(C(O)c2ccccn2)n2ccccc12. The number of aromatic nitrogens is 3. The van der Waals surface area contributed by atoms with Gasteiger partial charge in [-0.3, -0.25) is 9.78 Å². The van der Waals surface area contributed by atoms with Crippen molar-refractivity contribution in [1.29, 1.82) is 0 Å². The first-order valence-electron chi connectivity index (χ1n) is 11.5. The first kappa shape index (κ1) is 17.9. The fraction of sp³-hybridized carbons (Fsp3) is 0.480. The average molecular weight is 415 g/mol. The van der Waals surface area contributed by atoms with Crippen molar-refractivity contribution < 1.29 is 9.90 Å². The van der Waals surface area contributed by atoms with Crippen LogP contribution < -0.4 is 5.32 Å². The Kier molecular flexibility index (Phi) is 3.43. The average Bonchev–Trinajstić information content (AvgIpc) is 3.32. The van der Waals surface area contributed by atoms with Crippen molar-refractivity contribution in [2.24, 2.45) is 23.2 Å². The van der Waals surface area contributed by atoms with Gasteiger partial charge in [-0.2, -0.15) is 0 Å². The molecule has 6 heteroatoms. The molecule has 4 aliphatic carbocycles. The minimum atomic E-state index is -0.997. The van der Waals surface area contributed by atoms with Crippen LogP contribution in [0.4, 0.5) is 0 Å². The summed E-state index contributed by atoms with van der Waals surface area (Å²) in [5.74, 6) is 2.78. The normalized spacial score (nSPS) is 35.7. The van der Waals surface area contributed by atoms with E-state index in [1.54, 1.807) is 12.3 Å². The molecular formula is C25H26N4O2. The number of hydrogen-bond donors (Lipinski definition) is 2. The second-order valence-corrected chi connectivity index (χ2v) is 10.4. The predicted molar refractivity (Wildman–Crippen MR) is 114 cm³/mol. The van der Waals surface area contributed by atoms with Crippen molar-refractivity contribution in [3.8, 4) is 0 Å². The third-order valence-electron chi connectivity index (χ3n) is 8.85. The number of carbonyl (C=O) groups excluding carboxylic acids is 1. The molecule has 6 unspecified atom stereocenters. The molecule has 3 bridgehead atoms. The van der Waals surface area contributed by atoms with Crippen LogP contribution in [0.25, 0.3) is 5.52 Å². The minimum absolute atomic E-state index is 0.0690. The third kappa shape index (κ3) is 2.34. The zero-order valence-corrected chi connectivity index (χ0v) is 17.4. The van der Waals surface area contributed by atoms with Gasteiger partial charge in [-0.1, -0.05) is 12.1 Å². The summed E-state index contributed by atoms with van der Waals surface area (Å²) >= 11 is 0. The molecule has 7 rings (SSSR count). The van der Waals surface area contributed by atoms with E-state index in [1.807, 2.05) is 40.9 Å². The van der Waals surface area contributed by atoms with E-state index in [0.29, 0.717) is 22.6 Å². The topological polar surface area (TPSA) is 79.5 Å². The van der Waals surface area contributed by atoms with E-state index < -0.39 is 6.10 Å². The summed E-state index contributed by atoms with van der Waals surface area (Å²) in [6.07, 6.45) is 10.00. The largest absolute Gasteiger partial charge is 0.379 e. The number of aliphatic hydroxyl groups excluding tert-OH is 1. The molecule has 31 heavy (non-hydrogen) atoms. The van der Waals surface area contributed by atoms with Crippen LogP contribution in [0.3, 0.4) is 0 Å². The van der Waals surface area contributed by atoms with Crippen LogP contribution >= 0.6 is 0 Å². The van der Waals surface area contributed by atoms with Crippen molar-refractivity contribution in [3.05, 3.63) is 66.0 Å². The highest BCUT2D eigenvalue weighted by Crippen LogP contribution is 2.76.